The molecule has 27 heavy (non-hydrogen) atoms. The van der Waals surface area contributed by atoms with Gasteiger partial charge in [0, 0.05) is 16.7 Å². The fourth-order valence-corrected chi connectivity index (χ4v) is 7.11. The molecule has 6 heteroatoms. The van der Waals surface area contributed by atoms with Gasteiger partial charge in [0.25, 0.3) is 0 Å². The van der Waals surface area contributed by atoms with Gasteiger partial charge in [-0.25, -0.2) is 0 Å². The lowest BCUT2D eigenvalue weighted by Gasteiger charge is -2.60. The molecule has 0 radical (unpaired) electrons. The van der Waals surface area contributed by atoms with E-state index >= 15 is 0 Å². The van der Waals surface area contributed by atoms with E-state index in [0.717, 1.165) is 18.4 Å². The molecule has 0 amide bonds. The van der Waals surface area contributed by atoms with Crippen LogP contribution in [-0.4, -0.2) is 61.8 Å². The van der Waals surface area contributed by atoms with Gasteiger partial charge in [0.15, 0.2) is 5.78 Å². The molecule has 9 atom stereocenters. The largest absolute Gasteiger partial charge is 0.394 e. The summed E-state index contributed by atoms with van der Waals surface area (Å²) in [6, 6.07) is 0. The number of allylic oxidation sites excluding steroid dienone is 4. The lowest BCUT2D eigenvalue weighted by atomic mass is 9.46. The molecule has 0 aromatic carbocycles. The van der Waals surface area contributed by atoms with Crippen LogP contribution in [-0.2, 0) is 4.79 Å². The molecule has 5 N–H and O–H groups in total. The van der Waals surface area contributed by atoms with Crippen molar-refractivity contribution in [3.05, 3.63) is 23.8 Å². The van der Waals surface area contributed by atoms with E-state index in [4.69, 9.17) is 0 Å². The van der Waals surface area contributed by atoms with Crippen LogP contribution in [0.2, 0.25) is 0 Å². The van der Waals surface area contributed by atoms with Crippen LogP contribution in [0.3, 0.4) is 0 Å². The van der Waals surface area contributed by atoms with Crippen LogP contribution in [0, 0.1) is 28.6 Å². The minimum Gasteiger partial charge on any atom is -0.394 e. The van der Waals surface area contributed by atoms with Gasteiger partial charge in [-0.1, -0.05) is 25.5 Å². The minimum atomic E-state index is -1.85. The zero-order chi connectivity index (χ0) is 19.8. The Morgan fingerprint density at radius 1 is 1.30 bits per heavy atom. The van der Waals surface area contributed by atoms with Gasteiger partial charge in [0.2, 0.25) is 0 Å². The van der Waals surface area contributed by atoms with E-state index in [1.165, 1.54) is 0 Å². The van der Waals surface area contributed by atoms with Crippen LogP contribution in [0.15, 0.2) is 23.8 Å². The number of aliphatic hydroxyl groups is 5. The molecule has 0 spiro atoms. The normalized spacial score (nSPS) is 52.6. The van der Waals surface area contributed by atoms with Crippen LogP contribution in [0.4, 0.5) is 0 Å². The molecule has 4 aliphatic rings. The highest BCUT2D eigenvalue weighted by atomic mass is 16.4. The Morgan fingerprint density at radius 3 is 2.67 bits per heavy atom. The molecule has 0 heterocycles. The maximum absolute atomic E-state index is 11.8. The summed E-state index contributed by atoms with van der Waals surface area (Å²) in [6.45, 7) is 3.24. The first-order valence-electron chi connectivity index (χ1n) is 9.91. The number of aliphatic hydroxyl groups excluding tert-OH is 4. The van der Waals surface area contributed by atoms with Crippen molar-refractivity contribution in [3.63, 3.8) is 0 Å². The molecule has 6 nitrogen and oxygen atoms in total. The van der Waals surface area contributed by atoms with E-state index in [9.17, 15) is 30.3 Å². The Bertz CT molecular complexity index is 715. The molecule has 0 aliphatic heterocycles. The molecule has 3 fully saturated rings. The van der Waals surface area contributed by atoms with Crippen molar-refractivity contribution in [1.82, 2.24) is 0 Å². The molecule has 3 saturated carbocycles. The highest BCUT2D eigenvalue weighted by Crippen LogP contribution is 2.67. The highest BCUT2D eigenvalue weighted by molar-refractivity contribution is 6.01. The van der Waals surface area contributed by atoms with Crippen molar-refractivity contribution in [2.24, 2.45) is 28.6 Å². The molecule has 4 rings (SSSR count). The fraction of sp³-hybridized carbons (Fsp3) is 0.762. The van der Waals surface area contributed by atoms with Gasteiger partial charge >= 0.3 is 0 Å². The molecule has 0 aromatic rings. The Labute approximate surface area is 159 Å². The third-order valence-electron chi connectivity index (χ3n) is 8.47. The second kappa shape index (κ2) is 5.97. The summed E-state index contributed by atoms with van der Waals surface area (Å²) in [7, 11) is 0. The third kappa shape index (κ3) is 2.28. The van der Waals surface area contributed by atoms with Crippen molar-refractivity contribution in [2.45, 2.75) is 63.4 Å². The molecular weight excluding hydrogens is 348 g/mol. The van der Waals surface area contributed by atoms with Crippen molar-refractivity contribution in [2.75, 3.05) is 6.61 Å². The van der Waals surface area contributed by atoms with Gasteiger partial charge in [-0.2, -0.15) is 0 Å². The number of ketones is 1. The average molecular weight is 378 g/mol. The highest BCUT2D eigenvalue weighted by Gasteiger charge is 2.70. The first kappa shape index (κ1) is 19.3. The van der Waals surface area contributed by atoms with E-state index in [2.05, 4.69) is 6.92 Å². The predicted molar refractivity (Wildman–Crippen MR) is 97.4 cm³/mol. The smallest absolute Gasteiger partial charge is 0.178 e. The zero-order valence-corrected chi connectivity index (χ0v) is 15.9. The third-order valence-corrected chi connectivity index (χ3v) is 8.47. The second-order valence-electron chi connectivity index (χ2n) is 9.49. The number of carbonyl (C=O) groups excluding carboxylic acids is 1. The maximum atomic E-state index is 11.8. The summed E-state index contributed by atoms with van der Waals surface area (Å²) in [5.74, 6) is -0.168. The maximum Gasteiger partial charge on any atom is 0.178 e. The summed E-state index contributed by atoms with van der Waals surface area (Å²) in [5.41, 5.74) is -2.13. The Balaban J connectivity index is 1.77. The topological polar surface area (TPSA) is 118 Å². The van der Waals surface area contributed by atoms with E-state index < -0.39 is 41.3 Å². The van der Waals surface area contributed by atoms with Gasteiger partial charge in [0.05, 0.1) is 18.8 Å². The summed E-state index contributed by atoms with van der Waals surface area (Å²) in [5, 5.41) is 52.9. The SMILES string of the molecule is C[C@]12C=CC(=O)C=C1CC[C@@H]1[C@@H]2[C@@H](O)C[C@@]2(C)[C@H]1C[C@@H](O)[C@]2(O)[C@@H](O)CO. The first-order valence-corrected chi connectivity index (χ1v) is 9.91. The van der Waals surface area contributed by atoms with Crippen LogP contribution >= 0.6 is 0 Å². The van der Waals surface area contributed by atoms with Crippen LogP contribution in [0.5, 0.6) is 0 Å². The molecular formula is C21H30O6. The van der Waals surface area contributed by atoms with E-state index in [-0.39, 0.29) is 30.0 Å². The Morgan fingerprint density at radius 2 is 2.00 bits per heavy atom. The van der Waals surface area contributed by atoms with E-state index in [0.29, 0.717) is 6.42 Å². The van der Waals surface area contributed by atoms with Crippen molar-refractivity contribution in [3.8, 4) is 0 Å². The lowest BCUT2D eigenvalue weighted by molar-refractivity contribution is -0.225. The van der Waals surface area contributed by atoms with Crippen molar-refractivity contribution < 1.29 is 30.3 Å². The van der Waals surface area contributed by atoms with Crippen LogP contribution < -0.4 is 0 Å². The van der Waals surface area contributed by atoms with E-state index in [1.807, 2.05) is 13.0 Å². The zero-order valence-electron chi connectivity index (χ0n) is 15.9. The first-order chi connectivity index (χ1) is 12.6. The molecule has 150 valence electrons. The summed E-state index contributed by atoms with van der Waals surface area (Å²) in [6.07, 6.45) is 3.87. The van der Waals surface area contributed by atoms with Gasteiger partial charge in [0.1, 0.15) is 11.7 Å². The average Bonchev–Trinajstić information content (AvgIpc) is 2.82. The standard InChI is InChI=1S/C21H30O6/c1-19-6-5-12(23)7-11(19)3-4-13-14-8-16(25)21(27,17(26)10-22)20(14,2)9-15(24)18(13)19/h5-7,13-18,22,24-27H,3-4,8-10H2,1-2H3/t13-,14-,15-,16+,17-,18+,19-,20-,21-/m0/s1. The molecule has 0 bridgehead atoms. The number of carbonyl (C=O) groups is 1. The predicted octanol–water partition coefficient (Wildman–Crippen LogP) is 0.320. The van der Waals surface area contributed by atoms with Gasteiger partial charge in [-0.05, 0) is 49.7 Å². The van der Waals surface area contributed by atoms with Crippen molar-refractivity contribution >= 4 is 5.78 Å². The monoisotopic (exact) mass is 378 g/mol. The number of fused-ring (bicyclic) bond motifs is 5. The summed E-state index contributed by atoms with van der Waals surface area (Å²) < 4.78 is 0. The quantitative estimate of drug-likeness (QED) is 0.472. The Hall–Kier alpha value is -1.05. The fourth-order valence-electron chi connectivity index (χ4n) is 7.11. The number of rotatable bonds is 2. The molecule has 0 unspecified atom stereocenters. The van der Waals surface area contributed by atoms with Gasteiger partial charge in [-0.3, -0.25) is 4.79 Å². The van der Waals surface area contributed by atoms with Crippen LogP contribution in [0.1, 0.15) is 39.5 Å². The molecule has 4 aliphatic carbocycles. The lowest BCUT2D eigenvalue weighted by Crippen LogP contribution is -2.65. The second-order valence-corrected chi connectivity index (χ2v) is 9.49. The summed E-state index contributed by atoms with van der Waals surface area (Å²) in [4.78, 5) is 11.8. The van der Waals surface area contributed by atoms with E-state index in [1.54, 1.807) is 12.2 Å². The van der Waals surface area contributed by atoms with Crippen molar-refractivity contribution in [1.29, 1.82) is 0 Å². The minimum absolute atomic E-state index is 0.0206. The van der Waals surface area contributed by atoms with Gasteiger partial charge in [-0.15, -0.1) is 0 Å². The molecule has 0 saturated heterocycles. The number of hydrogen-bond acceptors (Lipinski definition) is 6. The Kier molecular flexibility index (Phi) is 4.26. The summed E-state index contributed by atoms with van der Waals surface area (Å²) >= 11 is 0. The molecule has 0 aromatic heterocycles. The van der Waals surface area contributed by atoms with Gasteiger partial charge < -0.3 is 25.5 Å². The number of hydrogen-bond donors (Lipinski definition) is 5. The van der Waals surface area contributed by atoms with Crippen LogP contribution in [0.25, 0.3) is 0 Å².